The van der Waals surface area contributed by atoms with Crippen molar-refractivity contribution < 1.29 is 4.74 Å². The largest absolute Gasteiger partial charge is 0.501 e. The van der Waals surface area contributed by atoms with Crippen LogP contribution in [0.1, 0.15) is 13.8 Å². The fourth-order valence-electron chi connectivity index (χ4n) is 0.550. The maximum Gasteiger partial charge on any atom is 0.0845 e. The highest BCUT2D eigenvalue weighted by Crippen LogP contribution is 1.93. The number of ether oxygens (including phenoxy) is 1. The third kappa shape index (κ3) is 6.71. The summed E-state index contributed by atoms with van der Waals surface area (Å²) in [5.41, 5.74) is 6.28. The average molecular weight is 153 g/mol. The Kier molecular flexibility index (Phi) is 6.19. The Hall–Kier alpha value is -1.18. The quantitative estimate of drug-likeness (QED) is 0.495. The molecule has 2 heteroatoms. The molecule has 2 nitrogen and oxygen atoms in total. The lowest BCUT2D eigenvalue weighted by atomic mass is 10.3. The molecule has 0 bridgehead atoms. The van der Waals surface area contributed by atoms with E-state index >= 15 is 0 Å². The summed E-state index contributed by atoms with van der Waals surface area (Å²) < 4.78 is 4.98. The van der Waals surface area contributed by atoms with Gasteiger partial charge in [0, 0.05) is 0 Å². The second-order valence-electron chi connectivity index (χ2n) is 2.05. The third-order valence-electron chi connectivity index (χ3n) is 1.06. The van der Waals surface area contributed by atoms with Gasteiger partial charge in [0.25, 0.3) is 0 Å². The van der Waals surface area contributed by atoms with Crippen LogP contribution in [0, 0.1) is 0 Å². The standard InChI is InChI=1S/C9H15NO/c1-3-11-8-4-5-9(2)6-7-10/h4-8H,3,10H2,1-2H3/b7-6-,8-4+,9-5-. The summed E-state index contributed by atoms with van der Waals surface area (Å²) in [6, 6.07) is 0. The first-order valence-electron chi connectivity index (χ1n) is 3.64. The first-order chi connectivity index (χ1) is 5.31. The molecule has 0 saturated heterocycles. The van der Waals surface area contributed by atoms with Gasteiger partial charge in [-0.25, -0.2) is 0 Å². The summed E-state index contributed by atoms with van der Waals surface area (Å²) >= 11 is 0. The molecular weight excluding hydrogens is 138 g/mol. The van der Waals surface area contributed by atoms with Gasteiger partial charge in [-0.15, -0.1) is 0 Å². The highest BCUT2D eigenvalue weighted by Gasteiger charge is 1.75. The topological polar surface area (TPSA) is 35.2 Å². The molecule has 0 aliphatic heterocycles. The van der Waals surface area contributed by atoms with Crippen molar-refractivity contribution in [3.8, 4) is 0 Å². The predicted molar refractivity (Wildman–Crippen MR) is 47.9 cm³/mol. The lowest BCUT2D eigenvalue weighted by Crippen LogP contribution is -1.77. The fraction of sp³-hybridized carbons (Fsp3) is 0.333. The lowest BCUT2D eigenvalue weighted by Gasteiger charge is -1.90. The van der Waals surface area contributed by atoms with Crippen LogP contribution in [0.5, 0.6) is 0 Å². The molecule has 0 radical (unpaired) electrons. The van der Waals surface area contributed by atoms with Crippen molar-refractivity contribution in [2.45, 2.75) is 13.8 Å². The van der Waals surface area contributed by atoms with Crippen LogP contribution in [0.25, 0.3) is 0 Å². The van der Waals surface area contributed by atoms with Crippen LogP contribution < -0.4 is 5.73 Å². The van der Waals surface area contributed by atoms with Crippen LogP contribution in [-0.2, 0) is 4.74 Å². The minimum absolute atomic E-state index is 0.704. The molecule has 0 rings (SSSR count). The summed E-state index contributed by atoms with van der Waals surface area (Å²) in [5.74, 6) is 0. The molecule has 0 saturated carbocycles. The summed E-state index contributed by atoms with van der Waals surface area (Å²) in [5, 5.41) is 0. The van der Waals surface area contributed by atoms with Crippen molar-refractivity contribution in [1.29, 1.82) is 0 Å². The number of nitrogens with two attached hydrogens (primary N) is 1. The second kappa shape index (κ2) is 6.93. The van der Waals surface area contributed by atoms with Crippen LogP contribution in [-0.4, -0.2) is 6.61 Å². The molecule has 0 fully saturated rings. The highest BCUT2D eigenvalue weighted by molar-refractivity contribution is 5.20. The Morgan fingerprint density at radius 1 is 1.55 bits per heavy atom. The number of allylic oxidation sites excluding steroid dienone is 4. The zero-order chi connectivity index (χ0) is 8.53. The molecule has 0 heterocycles. The van der Waals surface area contributed by atoms with E-state index in [4.69, 9.17) is 10.5 Å². The van der Waals surface area contributed by atoms with Crippen LogP contribution in [0.4, 0.5) is 0 Å². The molecule has 0 atom stereocenters. The van der Waals surface area contributed by atoms with Crippen LogP contribution in [0.3, 0.4) is 0 Å². The van der Waals surface area contributed by atoms with E-state index < -0.39 is 0 Å². The Labute approximate surface area is 68.0 Å². The van der Waals surface area contributed by atoms with Gasteiger partial charge in [0.1, 0.15) is 0 Å². The number of rotatable bonds is 4. The minimum Gasteiger partial charge on any atom is -0.501 e. The van der Waals surface area contributed by atoms with Crippen LogP contribution >= 0.6 is 0 Å². The molecular formula is C9H15NO. The van der Waals surface area contributed by atoms with E-state index in [9.17, 15) is 0 Å². The van der Waals surface area contributed by atoms with Gasteiger partial charge in [-0.3, -0.25) is 0 Å². The van der Waals surface area contributed by atoms with Gasteiger partial charge in [-0.05, 0) is 37.8 Å². The first-order valence-corrected chi connectivity index (χ1v) is 3.64. The summed E-state index contributed by atoms with van der Waals surface area (Å²) in [6.07, 6.45) is 8.78. The molecule has 0 unspecified atom stereocenters. The molecule has 0 aromatic carbocycles. The van der Waals surface area contributed by atoms with Crippen molar-refractivity contribution >= 4 is 0 Å². The SMILES string of the molecule is CCO/C=C/C=C(C)\C=C/N. The molecule has 0 aliphatic carbocycles. The van der Waals surface area contributed by atoms with E-state index in [0.29, 0.717) is 6.61 Å². The van der Waals surface area contributed by atoms with Gasteiger partial charge in [0.05, 0.1) is 12.9 Å². The van der Waals surface area contributed by atoms with E-state index in [2.05, 4.69) is 0 Å². The van der Waals surface area contributed by atoms with E-state index in [1.54, 1.807) is 6.26 Å². The zero-order valence-electron chi connectivity index (χ0n) is 7.08. The summed E-state index contributed by atoms with van der Waals surface area (Å²) in [6.45, 7) is 4.62. The molecule has 0 amide bonds. The van der Waals surface area contributed by atoms with Crippen LogP contribution in [0.2, 0.25) is 0 Å². The van der Waals surface area contributed by atoms with Crippen molar-refractivity contribution in [3.05, 3.63) is 36.3 Å². The van der Waals surface area contributed by atoms with Gasteiger partial charge in [0.15, 0.2) is 0 Å². The maximum atomic E-state index is 5.18. The predicted octanol–water partition coefficient (Wildman–Crippen LogP) is 1.96. The second-order valence-corrected chi connectivity index (χ2v) is 2.05. The minimum atomic E-state index is 0.704. The monoisotopic (exact) mass is 153 g/mol. The zero-order valence-corrected chi connectivity index (χ0v) is 7.08. The van der Waals surface area contributed by atoms with Crippen molar-refractivity contribution in [3.63, 3.8) is 0 Å². The lowest BCUT2D eigenvalue weighted by molar-refractivity contribution is 0.269. The van der Waals surface area contributed by atoms with Gasteiger partial charge in [0.2, 0.25) is 0 Å². The molecule has 11 heavy (non-hydrogen) atoms. The van der Waals surface area contributed by atoms with Gasteiger partial charge < -0.3 is 10.5 Å². The first kappa shape index (κ1) is 9.82. The Bertz CT molecular complexity index is 168. The third-order valence-corrected chi connectivity index (χ3v) is 1.06. The molecule has 0 spiro atoms. The molecule has 62 valence electrons. The van der Waals surface area contributed by atoms with Gasteiger partial charge >= 0.3 is 0 Å². The molecule has 2 N–H and O–H groups in total. The van der Waals surface area contributed by atoms with E-state index in [1.807, 2.05) is 32.1 Å². The van der Waals surface area contributed by atoms with E-state index in [-0.39, 0.29) is 0 Å². The Morgan fingerprint density at radius 3 is 2.82 bits per heavy atom. The van der Waals surface area contributed by atoms with Crippen molar-refractivity contribution in [2.24, 2.45) is 5.73 Å². The maximum absolute atomic E-state index is 5.18. The summed E-state index contributed by atoms with van der Waals surface area (Å²) in [7, 11) is 0. The van der Waals surface area contributed by atoms with Crippen LogP contribution in [0.15, 0.2) is 36.3 Å². The smallest absolute Gasteiger partial charge is 0.0845 e. The van der Waals surface area contributed by atoms with Crippen molar-refractivity contribution in [1.82, 2.24) is 0 Å². The number of hydrogen-bond acceptors (Lipinski definition) is 2. The fourth-order valence-corrected chi connectivity index (χ4v) is 0.550. The van der Waals surface area contributed by atoms with E-state index in [0.717, 1.165) is 5.57 Å². The van der Waals surface area contributed by atoms with E-state index in [1.165, 1.54) is 6.20 Å². The highest BCUT2D eigenvalue weighted by atomic mass is 16.5. The normalized spacial score (nSPS) is 13.1. The average Bonchev–Trinajstić information content (AvgIpc) is 1.99. The molecule has 0 aromatic heterocycles. The van der Waals surface area contributed by atoms with Gasteiger partial charge in [-0.2, -0.15) is 0 Å². The number of hydrogen-bond donors (Lipinski definition) is 1. The Balaban J connectivity index is 3.71. The van der Waals surface area contributed by atoms with Gasteiger partial charge in [-0.1, -0.05) is 6.08 Å². The van der Waals surface area contributed by atoms with Crippen molar-refractivity contribution in [2.75, 3.05) is 6.61 Å². The Morgan fingerprint density at radius 2 is 2.27 bits per heavy atom. The molecule has 0 aromatic rings. The molecule has 0 aliphatic rings. The summed E-state index contributed by atoms with van der Waals surface area (Å²) in [4.78, 5) is 0.